The van der Waals surface area contributed by atoms with Crippen LogP contribution in [0.1, 0.15) is 12.8 Å². The van der Waals surface area contributed by atoms with Crippen LogP contribution in [-0.4, -0.2) is 27.5 Å². The summed E-state index contributed by atoms with van der Waals surface area (Å²) in [5.41, 5.74) is 0. The first-order valence-corrected chi connectivity index (χ1v) is 3.89. The first kappa shape index (κ1) is 6.79. The molecule has 11 heavy (non-hydrogen) atoms. The summed E-state index contributed by atoms with van der Waals surface area (Å²) in [5, 5.41) is 4.00. The first-order chi connectivity index (χ1) is 5.45. The number of hydrogen-bond donors (Lipinski definition) is 0. The van der Waals surface area contributed by atoms with Gasteiger partial charge in [0.15, 0.2) is 0 Å². The van der Waals surface area contributed by atoms with E-state index in [2.05, 4.69) is 10.1 Å². The zero-order chi connectivity index (χ0) is 7.52. The van der Waals surface area contributed by atoms with Gasteiger partial charge in [-0.05, 0) is 12.8 Å². The maximum atomic E-state index is 5.08. The van der Waals surface area contributed by atoms with Crippen LogP contribution in [0.2, 0.25) is 0 Å². The lowest BCUT2D eigenvalue weighted by molar-refractivity contribution is 0.383. The molecule has 1 saturated heterocycles. The van der Waals surface area contributed by atoms with E-state index in [0.717, 1.165) is 26.0 Å². The highest BCUT2D eigenvalue weighted by molar-refractivity contribution is 4.68. The van der Waals surface area contributed by atoms with Crippen LogP contribution in [0, 0.1) is 0 Å². The van der Waals surface area contributed by atoms with E-state index in [1.165, 1.54) is 0 Å². The van der Waals surface area contributed by atoms with Crippen LogP contribution in [-0.2, 0) is 11.3 Å². The molecule has 4 heteroatoms. The molecule has 0 spiro atoms. The normalized spacial score (nSPS) is 22.0. The average molecular weight is 153 g/mol. The van der Waals surface area contributed by atoms with Crippen molar-refractivity contribution >= 4 is 0 Å². The Balaban J connectivity index is 1.66. The van der Waals surface area contributed by atoms with E-state index in [1.54, 1.807) is 12.7 Å². The highest BCUT2D eigenvalue weighted by Crippen LogP contribution is 2.15. The Kier molecular flexibility index (Phi) is 1.85. The third-order valence-corrected chi connectivity index (χ3v) is 1.78. The predicted molar refractivity (Wildman–Crippen MR) is 39.0 cm³/mol. The Labute approximate surface area is 65.2 Å². The minimum absolute atomic E-state index is 0.540. The van der Waals surface area contributed by atoms with Crippen LogP contribution in [0.4, 0.5) is 0 Å². The molecule has 1 unspecified atom stereocenters. The van der Waals surface area contributed by atoms with E-state index >= 15 is 0 Å². The Morgan fingerprint density at radius 3 is 3.18 bits per heavy atom. The molecule has 4 nitrogen and oxygen atoms in total. The summed E-state index contributed by atoms with van der Waals surface area (Å²) in [6, 6.07) is 0. The Morgan fingerprint density at radius 1 is 1.64 bits per heavy atom. The van der Waals surface area contributed by atoms with Gasteiger partial charge in [0.2, 0.25) is 0 Å². The van der Waals surface area contributed by atoms with Crippen molar-refractivity contribution in [3.8, 4) is 0 Å². The molecule has 1 aliphatic heterocycles. The summed E-state index contributed by atoms with van der Waals surface area (Å²) in [6.07, 6.45) is 6.13. The highest BCUT2D eigenvalue weighted by Gasteiger charge is 2.21. The molecular weight excluding hydrogens is 142 g/mol. The minimum atomic E-state index is 0.540. The number of ether oxygens (including phenoxy) is 1. The fourth-order valence-electron chi connectivity index (χ4n) is 1.06. The molecule has 0 radical (unpaired) electrons. The number of epoxide rings is 1. The van der Waals surface area contributed by atoms with Gasteiger partial charge in [0.1, 0.15) is 12.7 Å². The number of rotatable bonds is 4. The molecule has 2 rings (SSSR count). The molecule has 1 aromatic heterocycles. The Morgan fingerprint density at radius 2 is 2.55 bits per heavy atom. The molecule has 0 amide bonds. The van der Waals surface area contributed by atoms with E-state index < -0.39 is 0 Å². The zero-order valence-corrected chi connectivity index (χ0v) is 6.31. The van der Waals surface area contributed by atoms with Crippen molar-refractivity contribution < 1.29 is 4.74 Å². The van der Waals surface area contributed by atoms with Crippen molar-refractivity contribution in [3.05, 3.63) is 12.7 Å². The predicted octanol–water partition coefficient (Wildman–Crippen LogP) is 0.457. The van der Waals surface area contributed by atoms with Crippen LogP contribution < -0.4 is 0 Å². The molecule has 0 aliphatic carbocycles. The number of aryl methyl sites for hydroxylation is 1. The molecule has 1 atom stereocenters. The van der Waals surface area contributed by atoms with Crippen LogP contribution in [0.15, 0.2) is 12.7 Å². The number of nitrogens with zero attached hydrogens (tertiary/aromatic N) is 3. The largest absolute Gasteiger partial charge is 0.373 e. The number of hydrogen-bond acceptors (Lipinski definition) is 3. The van der Waals surface area contributed by atoms with Crippen LogP contribution in [0.25, 0.3) is 0 Å². The van der Waals surface area contributed by atoms with Crippen molar-refractivity contribution in [2.45, 2.75) is 25.5 Å². The molecule has 1 aliphatic rings. The van der Waals surface area contributed by atoms with Gasteiger partial charge in [-0.25, -0.2) is 4.98 Å². The minimum Gasteiger partial charge on any atom is -0.373 e. The second-order valence-electron chi connectivity index (χ2n) is 2.76. The smallest absolute Gasteiger partial charge is 0.137 e. The summed E-state index contributed by atoms with van der Waals surface area (Å²) < 4.78 is 6.93. The van der Waals surface area contributed by atoms with Crippen LogP contribution in [0.3, 0.4) is 0 Å². The second kappa shape index (κ2) is 3.00. The van der Waals surface area contributed by atoms with Crippen LogP contribution in [0.5, 0.6) is 0 Å². The molecule has 0 aromatic carbocycles. The zero-order valence-electron chi connectivity index (χ0n) is 6.31. The lowest BCUT2D eigenvalue weighted by Crippen LogP contribution is -1.99. The number of aromatic nitrogens is 3. The van der Waals surface area contributed by atoms with Gasteiger partial charge in [0.25, 0.3) is 0 Å². The van der Waals surface area contributed by atoms with Crippen molar-refractivity contribution in [1.29, 1.82) is 0 Å². The second-order valence-corrected chi connectivity index (χ2v) is 2.76. The molecule has 1 aromatic rings. The maximum Gasteiger partial charge on any atom is 0.137 e. The average Bonchev–Trinajstić information content (AvgIpc) is 2.66. The highest BCUT2D eigenvalue weighted by atomic mass is 16.6. The maximum absolute atomic E-state index is 5.08. The standard InChI is InChI=1S/C7H11N3O/c1(2-7-4-11-7)3-10-6-8-5-9-10/h5-7H,1-4H2. The van der Waals surface area contributed by atoms with E-state index in [9.17, 15) is 0 Å². The topological polar surface area (TPSA) is 43.2 Å². The van der Waals surface area contributed by atoms with E-state index in [0.29, 0.717) is 6.10 Å². The molecule has 60 valence electrons. The first-order valence-electron chi connectivity index (χ1n) is 3.89. The molecule has 0 saturated carbocycles. The van der Waals surface area contributed by atoms with Crippen LogP contribution >= 0.6 is 0 Å². The Bertz CT molecular complexity index is 205. The summed E-state index contributed by atoms with van der Waals surface area (Å²) in [4.78, 5) is 3.86. The quantitative estimate of drug-likeness (QED) is 0.590. The third kappa shape index (κ3) is 2.01. The van der Waals surface area contributed by atoms with E-state index in [4.69, 9.17) is 4.74 Å². The van der Waals surface area contributed by atoms with E-state index in [1.807, 2.05) is 4.68 Å². The molecule has 2 heterocycles. The monoisotopic (exact) mass is 153 g/mol. The van der Waals surface area contributed by atoms with Gasteiger partial charge >= 0.3 is 0 Å². The fourth-order valence-corrected chi connectivity index (χ4v) is 1.06. The van der Waals surface area contributed by atoms with Gasteiger partial charge in [0, 0.05) is 6.54 Å². The third-order valence-electron chi connectivity index (χ3n) is 1.78. The molecule has 1 fully saturated rings. The SMILES string of the molecule is c1ncn(CCCC2CO2)n1. The molecular formula is C7H11N3O. The fraction of sp³-hybridized carbons (Fsp3) is 0.714. The van der Waals surface area contributed by atoms with E-state index in [-0.39, 0.29) is 0 Å². The van der Waals surface area contributed by atoms with Gasteiger partial charge in [-0.15, -0.1) is 0 Å². The summed E-state index contributed by atoms with van der Waals surface area (Å²) in [7, 11) is 0. The van der Waals surface area contributed by atoms with Gasteiger partial charge in [0.05, 0.1) is 12.7 Å². The summed E-state index contributed by atoms with van der Waals surface area (Å²) in [6.45, 7) is 1.91. The van der Waals surface area contributed by atoms with Gasteiger partial charge in [-0.2, -0.15) is 5.10 Å². The van der Waals surface area contributed by atoms with Crippen molar-refractivity contribution in [2.24, 2.45) is 0 Å². The summed E-state index contributed by atoms with van der Waals surface area (Å²) >= 11 is 0. The van der Waals surface area contributed by atoms with Gasteiger partial charge < -0.3 is 4.74 Å². The molecule has 0 bridgehead atoms. The lowest BCUT2D eigenvalue weighted by atomic mass is 10.2. The van der Waals surface area contributed by atoms with Crippen molar-refractivity contribution in [3.63, 3.8) is 0 Å². The van der Waals surface area contributed by atoms with Crippen molar-refractivity contribution in [2.75, 3.05) is 6.61 Å². The lowest BCUT2D eigenvalue weighted by Gasteiger charge is -1.96. The van der Waals surface area contributed by atoms with Gasteiger partial charge in [-0.1, -0.05) is 0 Å². The van der Waals surface area contributed by atoms with Gasteiger partial charge in [-0.3, -0.25) is 4.68 Å². The summed E-state index contributed by atoms with van der Waals surface area (Å²) in [5.74, 6) is 0. The molecule has 0 N–H and O–H groups in total. The Hall–Kier alpha value is -0.900. The van der Waals surface area contributed by atoms with Crippen molar-refractivity contribution in [1.82, 2.24) is 14.8 Å².